The summed E-state index contributed by atoms with van der Waals surface area (Å²) < 4.78 is 0. The second-order valence-corrected chi connectivity index (χ2v) is 6.72. The average molecular weight is 400 g/mol. The van der Waals surface area contributed by atoms with Crippen molar-refractivity contribution in [2.75, 3.05) is 4.90 Å². The summed E-state index contributed by atoms with van der Waals surface area (Å²) in [5.41, 5.74) is 0.883. The summed E-state index contributed by atoms with van der Waals surface area (Å²) in [4.78, 5) is 37.9. The molecule has 1 atom stereocenters. The van der Waals surface area contributed by atoms with Crippen LogP contribution in [0.1, 0.15) is 17.2 Å². The Labute approximate surface area is 171 Å². The van der Waals surface area contributed by atoms with Gasteiger partial charge in [0.05, 0.1) is 16.5 Å². The quantitative estimate of drug-likeness (QED) is 0.232. The molecule has 0 saturated carbocycles. The van der Waals surface area contributed by atoms with Gasteiger partial charge in [-0.15, -0.1) is 0 Å². The second-order valence-electron chi connectivity index (χ2n) is 6.72. The van der Waals surface area contributed by atoms with Gasteiger partial charge in [0.2, 0.25) is 0 Å². The van der Waals surface area contributed by atoms with Crippen molar-refractivity contribution in [1.82, 2.24) is 0 Å². The number of hydrogen-bond acceptors (Lipinski definition) is 5. The Kier molecular flexibility index (Phi) is 4.85. The molecular formula is C23H16N2O5. The summed E-state index contributed by atoms with van der Waals surface area (Å²) in [6.45, 7) is 0. The fourth-order valence-electron chi connectivity index (χ4n) is 3.56. The van der Waals surface area contributed by atoms with Gasteiger partial charge in [-0.3, -0.25) is 24.6 Å². The molecule has 1 N–H and O–H groups in total. The number of nitro benzene ring substituents is 1. The van der Waals surface area contributed by atoms with Crippen LogP contribution in [0.15, 0.2) is 90.5 Å². The molecule has 7 nitrogen and oxygen atoms in total. The van der Waals surface area contributed by atoms with Crippen LogP contribution in [-0.4, -0.2) is 21.7 Å². The molecule has 1 heterocycles. The lowest BCUT2D eigenvalue weighted by Gasteiger charge is -2.25. The van der Waals surface area contributed by atoms with E-state index in [0.29, 0.717) is 16.8 Å². The molecular weight excluding hydrogens is 384 g/mol. The minimum absolute atomic E-state index is 0.115. The first-order chi connectivity index (χ1) is 14.5. The molecule has 0 aromatic heterocycles. The molecule has 4 rings (SSSR count). The number of aliphatic hydroxyl groups is 1. The molecule has 148 valence electrons. The number of carbonyl (C=O) groups is 2. The van der Waals surface area contributed by atoms with Gasteiger partial charge in [0.25, 0.3) is 17.4 Å². The third kappa shape index (κ3) is 3.22. The van der Waals surface area contributed by atoms with E-state index in [2.05, 4.69) is 0 Å². The maximum absolute atomic E-state index is 13.0. The van der Waals surface area contributed by atoms with Gasteiger partial charge in [0.1, 0.15) is 5.76 Å². The summed E-state index contributed by atoms with van der Waals surface area (Å²) in [5, 5.41) is 22.2. The van der Waals surface area contributed by atoms with Crippen molar-refractivity contribution in [3.63, 3.8) is 0 Å². The Morgan fingerprint density at radius 2 is 1.53 bits per heavy atom. The Balaban J connectivity index is 1.97. The van der Waals surface area contributed by atoms with Gasteiger partial charge in [-0.2, -0.15) is 0 Å². The Hall–Kier alpha value is -4.26. The Morgan fingerprint density at radius 3 is 2.17 bits per heavy atom. The topological polar surface area (TPSA) is 101 Å². The summed E-state index contributed by atoms with van der Waals surface area (Å²) in [6.07, 6.45) is 0. The van der Waals surface area contributed by atoms with Crippen LogP contribution in [0.3, 0.4) is 0 Å². The maximum Gasteiger partial charge on any atom is 0.300 e. The third-order valence-electron chi connectivity index (χ3n) is 4.92. The number of nitrogens with zero attached hydrogens (tertiary/aromatic N) is 2. The molecule has 0 aliphatic carbocycles. The van der Waals surface area contributed by atoms with Crippen molar-refractivity contribution in [3.8, 4) is 0 Å². The first-order valence-corrected chi connectivity index (χ1v) is 9.15. The lowest BCUT2D eigenvalue weighted by molar-refractivity contribution is -0.384. The van der Waals surface area contributed by atoms with Crippen molar-refractivity contribution in [1.29, 1.82) is 0 Å². The highest BCUT2D eigenvalue weighted by Gasteiger charge is 2.47. The fraction of sp³-hybridized carbons (Fsp3) is 0.0435. The van der Waals surface area contributed by atoms with Crippen molar-refractivity contribution < 1.29 is 19.6 Å². The number of benzene rings is 3. The molecule has 0 bridgehead atoms. The zero-order chi connectivity index (χ0) is 21.3. The van der Waals surface area contributed by atoms with Crippen LogP contribution in [-0.2, 0) is 9.59 Å². The Morgan fingerprint density at radius 1 is 0.900 bits per heavy atom. The predicted molar refractivity (Wildman–Crippen MR) is 111 cm³/mol. The summed E-state index contributed by atoms with van der Waals surface area (Å²) in [6, 6.07) is 21.7. The number of amides is 1. The lowest BCUT2D eigenvalue weighted by atomic mass is 9.95. The predicted octanol–water partition coefficient (Wildman–Crippen LogP) is 4.22. The van der Waals surface area contributed by atoms with Gasteiger partial charge in [-0.05, 0) is 17.7 Å². The van der Waals surface area contributed by atoms with Crippen LogP contribution < -0.4 is 4.90 Å². The van der Waals surface area contributed by atoms with E-state index in [4.69, 9.17) is 0 Å². The smallest absolute Gasteiger partial charge is 0.300 e. The number of anilines is 1. The average Bonchev–Trinajstić information content (AvgIpc) is 3.05. The summed E-state index contributed by atoms with van der Waals surface area (Å²) >= 11 is 0. The second kappa shape index (κ2) is 7.63. The number of para-hydroxylation sites is 1. The molecule has 1 aliphatic rings. The first kappa shape index (κ1) is 19.1. The number of nitro groups is 1. The van der Waals surface area contributed by atoms with E-state index in [1.807, 2.05) is 0 Å². The van der Waals surface area contributed by atoms with Crippen LogP contribution in [0.25, 0.3) is 5.76 Å². The van der Waals surface area contributed by atoms with Gasteiger partial charge < -0.3 is 5.11 Å². The molecule has 3 aromatic carbocycles. The standard InChI is InChI=1S/C23H16N2O5/c26-21(15-8-3-1-4-9-15)19-20(16-10-7-13-18(14-16)25(29)30)24(23(28)22(19)27)17-11-5-2-6-12-17/h1-14,20,26H/b21-19+/t20-/m0/s1. The van der Waals surface area contributed by atoms with E-state index in [1.165, 1.54) is 23.1 Å². The number of Topliss-reactive ketones (excluding diaryl/α,β-unsaturated/α-hetero) is 1. The molecule has 1 aliphatic heterocycles. The monoisotopic (exact) mass is 400 g/mol. The van der Waals surface area contributed by atoms with E-state index < -0.39 is 22.7 Å². The minimum Gasteiger partial charge on any atom is -0.507 e. The Bertz CT molecular complexity index is 1170. The molecule has 0 spiro atoms. The molecule has 1 saturated heterocycles. The van der Waals surface area contributed by atoms with Crippen LogP contribution in [0, 0.1) is 10.1 Å². The van der Waals surface area contributed by atoms with Crippen LogP contribution >= 0.6 is 0 Å². The highest BCUT2D eigenvalue weighted by molar-refractivity contribution is 6.51. The largest absolute Gasteiger partial charge is 0.507 e. The SMILES string of the molecule is O=C1C(=O)N(c2ccccc2)[C@@H](c2cccc([N+](=O)[O-])c2)/C1=C(\O)c1ccccc1. The number of carbonyl (C=O) groups excluding carboxylic acids is 2. The molecule has 7 heteroatoms. The number of non-ortho nitro benzene ring substituents is 1. The fourth-order valence-corrected chi connectivity index (χ4v) is 3.56. The van der Waals surface area contributed by atoms with Crippen molar-refractivity contribution in [3.05, 3.63) is 112 Å². The van der Waals surface area contributed by atoms with Gasteiger partial charge in [0, 0.05) is 23.4 Å². The van der Waals surface area contributed by atoms with Gasteiger partial charge in [-0.1, -0.05) is 60.7 Å². The number of aliphatic hydroxyl groups excluding tert-OH is 1. The van der Waals surface area contributed by atoms with E-state index >= 15 is 0 Å². The number of hydrogen-bond donors (Lipinski definition) is 1. The van der Waals surface area contributed by atoms with Crippen molar-refractivity contribution in [2.24, 2.45) is 0 Å². The normalized spacial score (nSPS) is 17.9. The number of ketones is 1. The highest BCUT2D eigenvalue weighted by atomic mass is 16.6. The molecule has 3 aromatic rings. The van der Waals surface area contributed by atoms with Gasteiger partial charge >= 0.3 is 0 Å². The van der Waals surface area contributed by atoms with Crippen LogP contribution in [0.2, 0.25) is 0 Å². The first-order valence-electron chi connectivity index (χ1n) is 9.15. The molecule has 1 amide bonds. The zero-order valence-corrected chi connectivity index (χ0v) is 15.6. The number of rotatable bonds is 4. The van der Waals surface area contributed by atoms with E-state index in [-0.39, 0.29) is 17.0 Å². The van der Waals surface area contributed by atoms with Crippen molar-refractivity contribution in [2.45, 2.75) is 6.04 Å². The zero-order valence-electron chi connectivity index (χ0n) is 15.6. The van der Waals surface area contributed by atoms with Gasteiger partial charge in [-0.25, -0.2) is 0 Å². The molecule has 0 radical (unpaired) electrons. The molecule has 1 fully saturated rings. The highest BCUT2D eigenvalue weighted by Crippen LogP contribution is 2.42. The maximum atomic E-state index is 13.0. The third-order valence-corrected chi connectivity index (χ3v) is 4.92. The summed E-state index contributed by atoms with van der Waals surface area (Å²) in [7, 11) is 0. The lowest BCUT2D eigenvalue weighted by Crippen LogP contribution is -2.29. The van der Waals surface area contributed by atoms with Crippen LogP contribution in [0.5, 0.6) is 0 Å². The van der Waals surface area contributed by atoms with E-state index in [1.54, 1.807) is 66.7 Å². The summed E-state index contributed by atoms with van der Waals surface area (Å²) in [5.74, 6) is -1.99. The minimum atomic E-state index is -1.01. The van der Waals surface area contributed by atoms with Crippen molar-refractivity contribution >= 4 is 28.8 Å². The van der Waals surface area contributed by atoms with Gasteiger partial charge in [0.15, 0.2) is 0 Å². The van der Waals surface area contributed by atoms with E-state index in [9.17, 15) is 24.8 Å². The van der Waals surface area contributed by atoms with E-state index in [0.717, 1.165) is 0 Å². The molecule has 0 unspecified atom stereocenters. The molecule has 30 heavy (non-hydrogen) atoms. The van der Waals surface area contributed by atoms with Crippen LogP contribution in [0.4, 0.5) is 11.4 Å².